The highest BCUT2D eigenvalue weighted by Crippen LogP contribution is 2.26. The molecule has 0 heterocycles. The second kappa shape index (κ2) is 6.23. The molecule has 1 saturated carbocycles. The molecule has 0 aromatic rings. The Bertz CT molecular complexity index is 343. The van der Waals surface area contributed by atoms with E-state index in [0.29, 0.717) is 11.4 Å². The van der Waals surface area contributed by atoms with E-state index in [1.807, 2.05) is 0 Å². The Hall–Kier alpha value is -1.31. The number of carboxylic acids is 1. The number of likely N-dealkylation sites (N-methyl/N-ethyl adjacent to an activating group) is 1. The zero-order valence-electron chi connectivity index (χ0n) is 10.6. The van der Waals surface area contributed by atoms with Crippen LogP contribution in [0.1, 0.15) is 19.8 Å². The highest BCUT2D eigenvalue weighted by molar-refractivity contribution is 5.79. The normalized spacial score (nSPS) is 15.6. The first-order valence-corrected chi connectivity index (χ1v) is 6.03. The van der Waals surface area contributed by atoms with Gasteiger partial charge in [0.15, 0.2) is 0 Å². The van der Waals surface area contributed by atoms with E-state index in [4.69, 9.17) is 5.11 Å². The molecule has 1 amide bonds. The first kappa shape index (κ1) is 15.7. The quantitative estimate of drug-likeness (QED) is 0.755. The lowest BCUT2D eigenvalue weighted by molar-refractivity contribution is -0.157. The van der Waals surface area contributed by atoms with E-state index < -0.39 is 37.7 Å². The van der Waals surface area contributed by atoms with Gasteiger partial charge in [0.1, 0.15) is 0 Å². The predicted molar refractivity (Wildman–Crippen MR) is 60.5 cm³/mol. The first-order valence-electron chi connectivity index (χ1n) is 6.03. The fourth-order valence-corrected chi connectivity index (χ4v) is 1.92. The molecule has 19 heavy (non-hydrogen) atoms. The first-order chi connectivity index (χ1) is 8.73. The number of carbonyl (C=O) groups is 2. The number of rotatable bonds is 7. The van der Waals surface area contributed by atoms with Gasteiger partial charge in [0.05, 0.1) is 19.6 Å². The molecule has 0 radical (unpaired) electrons. The van der Waals surface area contributed by atoms with Gasteiger partial charge in [-0.15, -0.1) is 0 Å². The van der Waals surface area contributed by atoms with Crippen molar-refractivity contribution >= 4 is 11.9 Å². The third-order valence-corrected chi connectivity index (χ3v) is 2.77. The number of alkyl halides is 3. The minimum absolute atomic E-state index is 0.107. The summed E-state index contributed by atoms with van der Waals surface area (Å²) >= 11 is 0. The Morgan fingerprint density at radius 2 is 1.84 bits per heavy atom. The van der Waals surface area contributed by atoms with Crippen molar-refractivity contribution in [2.75, 3.05) is 26.2 Å². The minimum atomic E-state index is -4.52. The maximum absolute atomic E-state index is 12.3. The lowest BCUT2D eigenvalue weighted by atomic mass is 10.3. The molecule has 0 spiro atoms. The van der Waals surface area contributed by atoms with Crippen LogP contribution in [-0.2, 0) is 9.59 Å². The Kier molecular flexibility index (Phi) is 5.16. The Morgan fingerprint density at radius 1 is 1.26 bits per heavy atom. The highest BCUT2D eigenvalue weighted by Gasteiger charge is 2.35. The summed E-state index contributed by atoms with van der Waals surface area (Å²) < 4.78 is 36.9. The number of amides is 1. The zero-order chi connectivity index (χ0) is 14.6. The molecule has 0 aromatic heterocycles. The maximum Gasteiger partial charge on any atom is 0.401 e. The molecule has 1 aliphatic carbocycles. The Labute approximate surface area is 109 Å². The molecular weight excluding hydrogens is 265 g/mol. The average molecular weight is 282 g/mol. The molecule has 0 unspecified atom stereocenters. The van der Waals surface area contributed by atoms with Gasteiger partial charge in [-0.3, -0.25) is 14.5 Å². The fraction of sp³-hybridized carbons (Fsp3) is 0.818. The fourth-order valence-electron chi connectivity index (χ4n) is 1.92. The van der Waals surface area contributed by atoms with Crippen LogP contribution in [-0.4, -0.2) is 65.2 Å². The summed E-state index contributed by atoms with van der Waals surface area (Å²) in [6.07, 6.45) is -2.80. The van der Waals surface area contributed by atoms with Crippen LogP contribution in [0.2, 0.25) is 0 Å². The van der Waals surface area contributed by atoms with Crippen molar-refractivity contribution in [1.29, 1.82) is 0 Å². The third kappa shape index (κ3) is 5.91. The molecular formula is C11H17F3N2O3. The molecule has 8 heteroatoms. The van der Waals surface area contributed by atoms with Gasteiger partial charge in [-0.05, 0) is 19.8 Å². The topological polar surface area (TPSA) is 60.9 Å². The van der Waals surface area contributed by atoms with Gasteiger partial charge in [0.25, 0.3) is 0 Å². The monoisotopic (exact) mass is 282 g/mol. The predicted octanol–water partition coefficient (Wildman–Crippen LogP) is 0.946. The van der Waals surface area contributed by atoms with E-state index in [0.717, 1.165) is 12.8 Å². The molecule has 110 valence electrons. The Morgan fingerprint density at radius 3 is 2.21 bits per heavy atom. The van der Waals surface area contributed by atoms with Crippen LogP contribution in [0.25, 0.3) is 0 Å². The van der Waals surface area contributed by atoms with Crippen molar-refractivity contribution in [2.24, 2.45) is 0 Å². The summed E-state index contributed by atoms with van der Waals surface area (Å²) in [7, 11) is 0. The van der Waals surface area contributed by atoms with E-state index in [2.05, 4.69) is 0 Å². The molecule has 0 aliphatic heterocycles. The van der Waals surface area contributed by atoms with Crippen LogP contribution in [0.3, 0.4) is 0 Å². The molecule has 1 aliphatic rings. The van der Waals surface area contributed by atoms with E-state index >= 15 is 0 Å². The van der Waals surface area contributed by atoms with Crippen molar-refractivity contribution in [3.63, 3.8) is 0 Å². The molecule has 0 saturated heterocycles. The standard InChI is InChI=1S/C11H17F3N2O3/c1-2-16(8-3-4-8)9(17)5-15(6-10(18)19)7-11(12,13)14/h8H,2-7H2,1H3,(H,18,19). The average Bonchev–Trinajstić information content (AvgIpc) is 2.98. The number of carboxylic acid groups (broad SMARTS) is 1. The Balaban J connectivity index is 2.59. The van der Waals surface area contributed by atoms with Gasteiger partial charge in [-0.1, -0.05) is 0 Å². The molecule has 0 aromatic carbocycles. The summed E-state index contributed by atoms with van der Waals surface area (Å²) in [5.74, 6) is -1.83. The van der Waals surface area contributed by atoms with Crippen molar-refractivity contribution < 1.29 is 27.9 Å². The van der Waals surface area contributed by atoms with Crippen LogP contribution < -0.4 is 0 Å². The second-order valence-electron chi connectivity index (χ2n) is 4.57. The number of hydrogen-bond donors (Lipinski definition) is 1. The van der Waals surface area contributed by atoms with Crippen LogP contribution in [0.5, 0.6) is 0 Å². The van der Waals surface area contributed by atoms with Crippen LogP contribution in [0.4, 0.5) is 13.2 Å². The largest absolute Gasteiger partial charge is 0.480 e. The van der Waals surface area contributed by atoms with Crippen LogP contribution in [0, 0.1) is 0 Å². The SMILES string of the molecule is CCN(C(=O)CN(CC(=O)O)CC(F)(F)F)C1CC1. The number of halogens is 3. The summed E-state index contributed by atoms with van der Waals surface area (Å²) in [6.45, 7) is -0.533. The third-order valence-electron chi connectivity index (χ3n) is 2.77. The van der Waals surface area contributed by atoms with E-state index in [1.54, 1.807) is 6.92 Å². The van der Waals surface area contributed by atoms with E-state index in [9.17, 15) is 22.8 Å². The van der Waals surface area contributed by atoms with Gasteiger partial charge < -0.3 is 10.0 Å². The zero-order valence-corrected chi connectivity index (χ0v) is 10.6. The highest BCUT2D eigenvalue weighted by atomic mass is 19.4. The van der Waals surface area contributed by atoms with Gasteiger partial charge in [0, 0.05) is 12.6 Å². The smallest absolute Gasteiger partial charge is 0.401 e. The number of aliphatic carboxylic acids is 1. The van der Waals surface area contributed by atoms with Crippen molar-refractivity contribution in [2.45, 2.75) is 32.0 Å². The molecule has 1 rings (SSSR count). The van der Waals surface area contributed by atoms with Crippen molar-refractivity contribution in [3.8, 4) is 0 Å². The van der Waals surface area contributed by atoms with Gasteiger partial charge >= 0.3 is 12.1 Å². The van der Waals surface area contributed by atoms with Crippen molar-refractivity contribution in [3.05, 3.63) is 0 Å². The molecule has 1 N–H and O–H groups in total. The van der Waals surface area contributed by atoms with E-state index in [-0.39, 0.29) is 6.04 Å². The maximum atomic E-state index is 12.3. The summed E-state index contributed by atoms with van der Waals surface area (Å²) in [5.41, 5.74) is 0. The van der Waals surface area contributed by atoms with Gasteiger partial charge in [-0.25, -0.2) is 0 Å². The molecule has 0 atom stereocenters. The summed E-state index contributed by atoms with van der Waals surface area (Å²) in [5, 5.41) is 8.58. The van der Waals surface area contributed by atoms with Gasteiger partial charge in [0.2, 0.25) is 5.91 Å². The summed E-state index contributed by atoms with van der Waals surface area (Å²) in [6, 6.07) is 0.107. The lowest BCUT2D eigenvalue weighted by Crippen LogP contribution is -2.46. The number of carbonyl (C=O) groups excluding carboxylic acids is 1. The molecule has 5 nitrogen and oxygen atoms in total. The molecule has 1 fully saturated rings. The molecule has 0 bridgehead atoms. The van der Waals surface area contributed by atoms with Gasteiger partial charge in [-0.2, -0.15) is 13.2 Å². The van der Waals surface area contributed by atoms with E-state index in [1.165, 1.54) is 4.90 Å². The van der Waals surface area contributed by atoms with Crippen LogP contribution >= 0.6 is 0 Å². The number of hydrogen-bond acceptors (Lipinski definition) is 3. The number of nitrogens with zero attached hydrogens (tertiary/aromatic N) is 2. The minimum Gasteiger partial charge on any atom is -0.480 e. The lowest BCUT2D eigenvalue weighted by Gasteiger charge is -2.26. The second-order valence-corrected chi connectivity index (χ2v) is 4.57. The van der Waals surface area contributed by atoms with Crippen molar-refractivity contribution in [1.82, 2.24) is 9.80 Å². The van der Waals surface area contributed by atoms with Crippen LogP contribution in [0.15, 0.2) is 0 Å². The summed E-state index contributed by atoms with van der Waals surface area (Å²) in [4.78, 5) is 24.5.